The average Bonchev–Trinajstić information content (AvgIpc) is 2.54. The summed E-state index contributed by atoms with van der Waals surface area (Å²) < 4.78 is 0. The third-order valence-electron chi connectivity index (χ3n) is 5.21. The van der Waals surface area contributed by atoms with Crippen LogP contribution in [0.25, 0.3) is 0 Å². The SMILES string of the molecule is C/C=C\C1=C(C)C(CCC(CC)c2ccccc2)C(C)CN1. The second kappa shape index (κ2) is 8.22. The van der Waals surface area contributed by atoms with Crippen LogP contribution in [-0.4, -0.2) is 6.54 Å². The van der Waals surface area contributed by atoms with Gasteiger partial charge in [-0.3, -0.25) is 0 Å². The van der Waals surface area contributed by atoms with E-state index in [9.17, 15) is 0 Å². The van der Waals surface area contributed by atoms with Crippen LogP contribution >= 0.6 is 0 Å². The van der Waals surface area contributed by atoms with Gasteiger partial charge < -0.3 is 5.32 Å². The molecule has 1 N–H and O–H groups in total. The van der Waals surface area contributed by atoms with Gasteiger partial charge in [0, 0.05) is 12.2 Å². The van der Waals surface area contributed by atoms with Gasteiger partial charge in [-0.1, -0.05) is 50.3 Å². The van der Waals surface area contributed by atoms with Gasteiger partial charge >= 0.3 is 0 Å². The summed E-state index contributed by atoms with van der Waals surface area (Å²) in [6, 6.07) is 11.0. The van der Waals surface area contributed by atoms with E-state index in [0.717, 1.165) is 12.5 Å². The van der Waals surface area contributed by atoms with Crippen molar-refractivity contribution in [3.05, 3.63) is 59.3 Å². The van der Waals surface area contributed by atoms with Crippen LogP contribution in [0.1, 0.15) is 58.4 Å². The van der Waals surface area contributed by atoms with Gasteiger partial charge in [-0.2, -0.15) is 0 Å². The molecule has 1 heteroatoms. The summed E-state index contributed by atoms with van der Waals surface area (Å²) in [5, 5.41) is 3.58. The summed E-state index contributed by atoms with van der Waals surface area (Å²) in [5.74, 6) is 2.13. The molecule has 0 radical (unpaired) electrons. The fourth-order valence-corrected chi connectivity index (χ4v) is 3.75. The van der Waals surface area contributed by atoms with Crippen molar-refractivity contribution < 1.29 is 0 Å². The van der Waals surface area contributed by atoms with Crippen molar-refractivity contribution in [3.63, 3.8) is 0 Å². The maximum Gasteiger partial charge on any atom is 0.0328 e. The van der Waals surface area contributed by atoms with E-state index in [1.165, 1.54) is 30.5 Å². The average molecular weight is 297 g/mol. The molecule has 0 saturated carbocycles. The molecule has 0 aromatic heterocycles. The molecule has 1 heterocycles. The second-order valence-corrected chi connectivity index (χ2v) is 6.65. The molecule has 22 heavy (non-hydrogen) atoms. The van der Waals surface area contributed by atoms with E-state index < -0.39 is 0 Å². The minimum atomic E-state index is 0.696. The first kappa shape index (κ1) is 16.9. The zero-order valence-corrected chi connectivity index (χ0v) is 14.6. The highest BCUT2D eigenvalue weighted by Gasteiger charge is 2.26. The Bertz CT molecular complexity index is 512. The molecule has 0 bridgehead atoms. The van der Waals surface area contributed by atoms with Crippen molar-refractivity contribution in [2.75, 3.05) is 6.54 Å². The summed E-state index contributed by atoms with van der Waals surface area (Å²) in [5.41, 5.74) is 4.39. The Labute approximate surface area is 136 Å². The molecule has 120 valence electrons. The molecule has 2 rings (SSSR count). The van der Waals surface area contributed by atoms with Crippen molar-refractivity contribution in [1.29, 1.82) is 0 Å². The first-order valence-corrected chi connectivity index (χ1v) is 8.79. The van der Waals surface area contributed by atoms with Crippen molar-refractivity contribution in [2.24, 2.45) is 11.8 Å². The maximum absolute atomic E-state index is 3.58. The van der Waals surface area contributed by atoms with Gasteiger partial charge in [0.05, 0.1) is 0 Å². The highest BCUT2D eigenvalue weighted by molar-refractivity contribution is 5.27. The summed E-state index contributed by atoms with van der Waals surface area (Å²) in [4.78, 5) is 0. The molecule has 1 aromatic rings. The maximum atomic E-state index is 3.58. The van der Waals surface area contributed by atoms with Crippen LogP contribution in [0.15, 0.2) is 53.8 Å². The van der Waals surface area contributed by atoms with Crippen molar-refractivity contribution in [2.45, 2.75) is 52.9 Å². The molecule has 1 aliphatic rings. The Morgan fingerprint density at radius 3 is 2.64 bits per heavy atom. The van der Waals surface area contributed by atoms with Crippen LogP contribution in [-0.2, 0) is 0 Å². The van der Waals surface area contributed by atoms with Gasteiger partial charge in [0.15, 0.2) is 0 Å². The van der Waals surface area contributed by atoms with Crippen LogP contribution in [0.5, 0.6) is 0 Å². The van der Waals surface area contributed by atoms with E-state index in [0.29, 0.717) is 11.8 Å². The lowest BCUT2D eigenvalue weighted by Crippen LogP contribution is -2.33. The molecule has 1 nitrogen and oxygen atoms in total. The van der Waals surface area contributed by atoms with Crippen LogP contribution in [0.3, 0.4) is 0 Å². The molecular weight excluding hydrogens is 266 g/mol. The van der Waals surface area contributed by atoms with E-state index in [1.807, 2.05) is 0 Å². The minimum absolute atomic E-state index is 0.696. The Morgan fingerprint density at radius 2 is 2.00 bits per heavy atom. The Balaban J connectivity index is 2.06. The van der Waals surface area contributed by atoms with Crippen molar-refractivity contribution in [3.8, 4) is 0 Å². The van der Waals surface area contributed by atoms with Crippen LogP contribution in [0, 0.1) is 11.8 Å². The summed E-state index contributed by atoms with van der Waals surface area (Å²) >= 11 is 0. The number of nitrogens with one attached hydrogen (secondary N) is 1. The first-order chi connectivity index (χ1) is 10.7. The van der Waals surface area contributed by atoms with Crippen LogP contribution in [0.2, 0.25) is 0 Å². The van der Waals surface area contributed by atoms with E-state index in [4.69, 9.17) is 0 Å². The zero-order valence-electron chi connectivity index (χ0n) is 14.6. The number of benzene rings is 1. The zero-order chi connectivity index (χ0) is 15.9. The molecule has 0 spiro atoms. The molecule has 0 amide bonds. The Morgan fingerprint density at radius 1 is 1.27 bits per heavy atom. The fourth-order valence-electron chi connectivity index (χ4n) is 3.75. The number of hydrogen-bond donors (Lipinski definition) is 1. The van der Waals surface area contributed by atoms with Crippen molar-refractivity contribution >= 4 is 0 Å². The molecule has 0 aliphatic carbocycles. The van der Waals surface area contributed by atoms with Gasteiger partial charge in [-0.05, 0) is 68.1 Å². The predicted molar refractivity (Wildman–Crippen MR) is 96.9 cm³/mol. The van der Waals surface area contributed by atoms with E-state index in [1.54, 1.807) is 5.57 Å². The number of rotatable bonds is 6. The van der Waals surface area contributed by atoms with Crippen molar-refractivity contribution in [1.82, 2.24) is 5.32 Å². The second-order valence-electron chi connectivity index (χ2n) is 6.65. The lowest BCUT2D eigenvalue weighted by molar-refractivity contribution is 0.333. The molecule has 0 saturated heterocycles. The minimum Gasteiger partial charge on any atom is -0.385 e. The van der Waals surface area contributed by atoms with Gasteiger partial charge in [0.2, 0.25) is 0 Å². The fraction of sp³-hybridized carbons (Fsp3) is 0.524. The molecular formula is C21H31N. The Kier molecular flexibility index (Phi) is 6.30. The largest absolute Gasteiger partial charge is 0.385 e. The summed E-state index contributed by atoms with van der Waals surface area (Å²) in [7, 11) is 0. The van der Waals surface area contributed by atoms with Gasteiger partial charge in [-0.15, -0.1) is 0 Å². The quantitative estimate of drug-likeness (QED) is 0.713. The molecule has 1 aliphatic heterocycles. The normalized spacial score (nSPS) is 23.6. The number of allylic oxidation sites excluding steroid dienone is 3. The molecule has 3 atom stereocenters. The standard InChI is InChI=1S/C21H31N/c1-5-10-21-17(4)20(16(3)15-22-21)14-13-18(6-2)19-11-8-7-9-12-19/h5,7-12,16,18,20,22H,6,13-15H2,1-4H3/b10-5-. The molecule has 3 unspecified atom stereocenters. The van der Waals surface area contributed by atoms with E-state index >= 15 is 0 Å². The van der Waals surface area contributed by atoms with Crippen LogP contribution in [0.4, 0.5) is 0 Å². The van der Waals surface area contributed by atoms with E-state index in [-0.39, 0.29) is 0 Å². The highest BCUT2D eigenvalue weighted by Crippen LogP contribution is 2.34. The first-order valence-electron chi connectivity index (χ1n) is 8.79. The lowest BCUT2D eigenvalue weighted by Gasteiger charge is -2.33. The number of hydrogen-bond acceptors (Lipinski definition) is 1. The molecule has 0 fully saturated rings. The Hall–Kier alpha value is -1.50. The lowest BCUT2D eigenvalue weighted by atomic mass is 9.78. The smallest absolute Gasteiger partial charge is 0.0328 e. The summed E-state index contributed by atoms with van der Waals surface area (Å²) in [6.45, 7) is 10.2. The van der Waals surface area contributed by atoms with Gasteiger partial charge in [0.1, 0.15) is 0 Å². The highest BCUT2D eigenvalue weighted by atomic mass is 14.9. The monoisotopic (exact) mass is 297 g/mol. The third kappa shape index (κ3) is 4.03. The predicted octanol–water partition coefficient (Wildman–Crippen LogP) is 5.67. The van der Waals surface area contributed by atoms with Gasteiger partial charge in [-0.25, -0.2) is 0 Å². The topological polar surface area (TPSA) is 12.0 Å². The third-order valence-corrected chi connectivity index (χ3v) is 5.21. The molecule has 1 aromatic carbocycles. The van der Waals surface area contributed by atoms with Gasteiger partial charge in [0.25, 0.3) is 0 Å². The van der Waals surface area contributed by atoms with Crippen LogP contribution < -0.4 is 5.32 Å². The summed E-state index contributed by atoms with van der Waals surface area (Å²) in [6.07, 6.45) is 8.17. The van der Waals surface area contributed by atoms with E-state index in [2.05, 4.69) is 75.5 Å².